The smallest absolute Gasteiger partial charge is 0.231 e. The molecule has 1 saturated heterocycles. The first-order chi connectivity index (χ1) is 14.5. The number of likely N-dealkylation sites (tertiary alicyclic amines) is 1. The van der Waals surface area contributed by atoms with Gasteiger partial charge in [-0.2, -0.15) is 0 Å². The Balaban J connectivity index is 1.67. The van der Waals surface area contributed by atoms with E-state index in [0.717, 1.165) is 19.5 Å². The monoisotopic (exact) mass is 409 g/mol. The summed E-state index contributed by atoms with van der Waals surface area (Å²) in [5.74, 6) is 2.49. The minimum atomic E-state index is -0.205. The molecule has 0 aromatic heterocycles. The van der Waals surface area contributed by atoms with Crippen LogP contribution in [0.4, 0.5) is 0 Å². The lowest BCUT2D eigenvalue weighted by Gasteiger charge is -2.31. The molecule has 0 amide bonds. The third-order valence-corrected chi connectivity index (χ3v) is 5.76. The first-order valence-electron chi connectivity index (χ1n) is 10.2. The first kappa shape index (κ1) is 20.3. The number of nitrogens with zero attached hydrogens (tertiary/aromatic N) is 1. The summed E-state index contributed by atoms with van der Waals surface area (Å²) in [4.78, 5) is 15.3. The Morgan fingerprint density at radius 2 is 2.07 bits per heavy atom. The third-order valence-electron chi connectivity index (χ3n) is 5.76. The summed E-state index contributed by atoms with van der Waals surface area (Å²) >= 11 is 0. The summed E-state index contributed by atoms with van der Waals surface area (Å²) in [7, 11) is 3.16. The topological polar surface area (TPSA) is 68.2 Å². The number of carbonyl (C=O) groups is 1. The van der Waals surface area contributed by atoms with Gasteiger partial charge in [-0.3, -0.25) is 9.69 Å². The Hall–Kier alpha value is -2.99. The van der Waals surface area contributed by atoms with E-state index in [1.165, 1.54) is 6.42 Å². The van der Waals surface area contributed by atoms with E-state index in [4.69, 9.17) is 14.2 Å². The predicted molar refractivity (Wildman–Crippen MR) is 114 cm³/mol. The van der Waals surface area contributed by atoms with E-state index in [0.29, 0.717) is 46.4 Å². The number of phenols is 1. The van der Waals surface area contributed by atoms with Gasteiger partial charge >= 0.3 is 0 Å². The maximum absolute atomic E-state index is 13.0. The second kappa shape index (κ2) is 8.40. The Kier molecular flexibility index (Phi) is 5.68. The van der Waals surface area contributed by atoms with Gasteiger partial charge in [-0.05, 0) is 61.7 Å². The molecule has 1 fully saturated rings. The molecule has 2 heterocycles. The molecular weight excluding hydrogens is 382 g/mol. The van der Waals surface area contributed by atoms with Crippen LogP contribution >= 0.6 is 0 Å². The van der Waals surface area contributed by atoms with Crippen molar-refractivity contribution in [1.29, 1.82) is 0 Å². The van der Waals surface area contributed by atoms with E-state index < -0.39 is 0 Å². The zero-order valence-corrected chi connectivity index (χ0v) is 17.6. The summed E-state index contributed by atoms with van der Waals surface area (Å²) in [6.45, 7) is 4.75. The summed E-state index contributed by atoms with van der Waals surface area (Å²) in [5, 5.41) is 10.5. The molecule has 2 aliphatic rings. The van der Waals surface area contributed by atoms with Gasteiger partial charge in [-0.1, -0.05) is 6.92 Å². The van der Waals surface area contributed by atoms with E-state index >= 15 is 0 Å². The molecule has 0 radical (unpaired) electrons. The van der Waals surface area contributed by atoms with Crippen molar-refractivity contribution < 1.29 is 24.1 Å². The van der Waals surface area contributed by atoms with Gasteiger partial charge in [0.2, 0.25) is 5.78 Å². The van der Waals surface area contributed by atoms with E-state index in [9.17, 15) is 9.90 Å². The maximum atomic E-state index is 13.0. The number of carbonyl (C=O) groups excluding carboxylic acids is 1. The van der Waals surface area contributed by atoms with Crippen molar-refractivity contribution in [2.75, 3.05) is 27.3 Å². The number of aromatic hydroxyl groups is 1. The summed E-state index contributed by atoms with van der Waals surface area (Å²) in [6, 6.07) is 8.57. The number of piperidine rings is 1. The van der Waals surface area contributed by atoms with Crippen LogP contribution < -0.4 is 14.2 Å². The van der Waals surface area contributed by atoms with Gasteiger partial charge < -0.3 is 19.3 Å². The fourth-order valence-electron chi connectivity index (χ4n) is 4.20. The molecule has 1 N–H and O–H groups in total. The lowest BCUT2D eigenvalue weighted by molar-refractivity contribution is 0.101. The van der Waals surface area contributed by atoms with Gasteiger partial charge in [-0.25, -0.2) is 0 Å². The molecule has 0 unspecified atom stereocenters. The number of fused-ring (bicyclic) bond motifs is 1. The van der Waals surface area contributed by atoms with Gasteiger partial charge in [-0.15, -0.1) is 0 Å². The van der Waals surface area contributed by atoms with Crippen molar-refractivity contribution in [3.63, 3.8) is 0 Å². The molecule has 0 saturated carbocycles. The van der Waals surface area contributed by atoms with Gasteiger partial charge in [0.1, 0.15) is 23.0 Å². The van der Waals surface area contributed by atoms with Crippen molar-refractivity contribution in [2.24, 2.45) is 5.92 Å². The van der Waals surface area contributed by atoms with Crippen molar-refractivity contribution >= 4 is 11.9 Å². The highest BCUT2D eigenvalue weighted by molar-refractivity contribution is 6.15. The molecule has 6 nitrogen and oxygen atoms in total. The summed E-state index contributed by atoms with van der Waals surface area (Å²) < 4.78 is 16.7. The van der Waals surface area contributed by atoms with Gasteiger partial charge in [0.25, 0.3) is 0 Å². The molecule has 158 valence electrons. The van der Waals surface area contributed by atoms with Gasteiger partial charge in [0, 0.05) is 18.7 Å². The van der Waals surface area contributed by atoms with E-state index in [1.54, 1.807) is 50.6 Å². The molecule has 6 heteroatoms. The van der Waals surface area contributed by atoms with Crippen LogP contribution in [0.3, 0.4) is 0 Å². The number of methoxy groups -OCH3 is 2. The Bertz CT molecular complexity index is 997. The second-order valence-electron chi connectivity index (χ2n) is 7.97. The van der Waals surface area contributed by atoms with E-state index in [-0.39, 0.29) is 17.3 Å². The maximum Gasteiger partial charge on any atom is 0.231 e. The van der Waals surface area contributed by atoms with Crippen LogP contribution in [0.25, 0.3) is 6.08 Å². The van der Waals surface area contributed by atoms with Crippen LogP contribution in [-0.2, 0) is 6.54 Å². The van der Waals surface area contributed by atoms with Crippen LogP contribution in [0.5, 0.6) is 23.0 Å². The van der Waals surface area contributed by atoms with Crippen LogP contribution in [-0.4, -0.2) is 43.1 Å². The number of hydrogen-bond donors (Lipinski definition) is 1. The second-order valence-corrected chi connectivity index (χ2v) is 7.97. The molecule has 1 atom stereocenters. The highest BCUT2D eigenvalue weighted by Crippen LogP contribution is 2.41. The van der Waals surface area contributed by atoms with Crippen LogP contribution in [0.2, 0.25) is 0 Å². The average Bonchev–Trinajstić information content (AvgIpc) is 3.06. The standard InChI is InChI=1S/C24H27NO5/c1-15-5-4-10-25(13-15)14-19-20(26)8-7-18-23(27)22(30-24(18)19)12-16-11-17(28-2)6-9-21(16)29-3/h6-9,11-12,15,26H,4-5,10,13-14H2,1-3H3/b22-12+/t15-/m0/s1. The first-order valence-corrected chi connectivity index (χ1v) is 10.2. The summed E-state index contributed by atoms with van der Waals surface area (Å²) in [5.41, 5.74) is 1.82. The zero-order chi connectivity index (χ0) is 21.3. The lowest BCUT2D eigenvalue weighted by Crippen LogP contribution is -2.33. The molecule has 2 aromatic rings. The predicted octanol–water partition coefficient (Wildman–Crippen LogP) is 4.26. The molecular formula is C24H27NO5. The molecule has 30 heavy (non-hydrogen) atoms. The van der Waals surface area contributed by atoms with Gasteiger partial charge in [0.15, 0.2) is 5.76 Å². The third kappa shape index (κ3) is 3.87. The van der Waals surface area contributed by atoms with Crippen molar-refractivity contribution in [2.45, 2.75) is 26.3 Å². The summed E-state index contributed by atoms with van der Waals surface area (Å²) in [6.07, 6.45) is 4.02. The average molecular weight is 409 g/mol. The highest BCUT2D eigenvalue weighted by Gasteiger charge is 2.32. The Labute approximate surface area is 176 Å². The SMILES string of the molecule is COc1ccc(OC)c(/C=C2/Oc3c(ccc(O)c3CN3CCC[C@H](C)C3)C2=O)c1. The minimum absolute atomic E-state index is 0.153. The fraction of sp³-hybridized carbons (Fsp3) is 0.375. The number of benzene rings is 2. The quantitative estimate of drug-likeness (QED) is 0.745. The Morgan fingerprint density at radius 3 is 2.80 bits per heavy atom. The van der Waals surface area contributed by atoms with Gasteiger partial charge in [0.05, 0.1) is 25.3 Å². The molecule has 4 rings (SSSR count). The van der Waals surface area contributed by atoms with E-state index in [2.05, 4.69) is 11.8 Å². The number of phenolic OH excluding ortho intramolecular Hbond substituents is 1. The normalized spacial score (nSPS) is 20.2. The fourth-order valence-corrected chi connectivity index (χ4v) is 4.20. The molecule has 0 aliphatic carbocycles. The lowest BCUT2D eigenvalue weighted by atomic mass is 9.99. The van der Waals surface area contributed by atoms with Crippen molar-refractivity contribution in [3.05, 3.63) is 52.8 Å². The molecule has 2 aromatic carbocycles. The molecule has 2 aliphatic heterocycles. The Morgan fingerprint density at radius 1 is 1.23 bits per heavy atom. The largest absolute Gasteiger partial charge is 0.507 e. The minimum Gasteiger partial charge on any atom is -0.507 e. The number of hydrogen-bond acceptors (Lipinski definition) is 6. The number of allylic oxidation sites excluding steroid dienone is 1. The highest BCUT2D eigenvalue weighted by atomic mass is 16.5. The van der Waals surface area contributed by atoms with Crippen LogP contribution in [0.1, 0.15) is 41.3 Å². The number of Topliss-reactive ketones (excluding diaryl/α,β-unsaturated/α-hetero) is 1. The van der Waals surface area contributed by atoms with Crippen LogP contribution in [0, 0.1) is 5.92 Å². The molecule has 0 bridgehead atoms. The van der Waals surface area contributed by atoms with Crippen molar-refractivity contribution in [3.8, 4) is 23.0 Å². The van der Waals surface area contributed by atoms with Crippen molar-refractivity contribution in [1.82, 2.24) is 4.90 Å². The van der Waals surface area contributed by atoms with E-state index in [1.807, 2.05) is 0 Å². The number of ether oxygens (including phenoxy) is 3. The zero-order valence-electron chi connectivity index (χ0n) is 17.6. The molecule has 0 spiro atoms. The number of rotatable bonds is 5. The van der Waals surface area contributed by atoms with Crippen LogP contribution in [0.15, 0.2) is 36.1 Å². The number of ketones is 1.